The van der Waals surface area contributed by atoms with Crippen LogP contribution in [0.3, 0.4) is 0 Å². The van der Waals surface area contributed by atoms with E-state index in [1.165, 1.54) is 0 Å². The first kappa shape index (κ1) is 19.8. The third kappa shape index (κ3) is 6.04. The van der Waals surface area contributed by atoms with Gasteiger partial charge in [0.2, 0.25) is 11.8 Å². The van der Waals surface area contributed by atoms with Crippen LogP contribution in [0.4, 0.5) is 5.69 Å². The first-order valence-corrected chi connectivity index (χ1v) is 9.21. The highest BCUT2D eigenvalue weighted by atomic mass is 16.2. The summed E-state index contributed by atoms with van der Waals surface area (Å²) in [5, 5.41) is 2.70. The molecule has 3 N–H and O–H groups in total. The van der Waals surface area contributed by atoms with Crippen LogP contribution in [0.2, 0.25) is 0 Å². The fraction of sp³-hybridized carbons (Fsp3) is 0.0870. The smallest absolute Gasteiger partial charge is 0.269 e. The second-order valence-electron chi connectivity index (χ2n) is 6.36. The van der Waals surface area contributed by atoms with Gasteiger partial charge in [0.15, 0.2) is 0 Å². The molecule has 3 amide bonds. The lowest BCUT2D eigenvalue weighted by atomic mass is 10.0. The van der Waals surface area contributed by atoms with Crippen LogP contribution in [-0.2, 0) is 9.59 Å². The predicted octanol–water partition coefficient (Wildman–Crippen LogP) is 3.53. The Labute approximate surface area is 168 Å². The van der Waals surface area contributed by atoms with E-state index in [-0.39, 0.29) is 18.7 Å². The minimum absolute atomic E-state index is 0.0162. The van der Waals surface area contributed by atoms with E-state index >= 15 is 0 Å². The number of amides is 3. The van der Waals surface area contributed by atoms with Crippen molar-refractivity contribution in [2.24, 2.45) is 0 Å². The largest absolute Gasteiger partial charge is 0.326 e. The van der Waals surface area contributed by atoms with Gasteiger partial charge >= 0.3 is 0 Å². The normalized spacial score (nSPS) is 10.1. The molecule has 0 heterocycles. The molecule has 0 unspecified atom stereocenters. The van der Waals surface area contributed by atoms with Crippen molar-refractivity contribution in [3.8, 4) is 11.1 Å². The number of anilines is 1. The van der Waals surface area contributed by atoms with Gasteiger partial charge in [0.1, 0.15) is 0 Å². The molecule has 3 aromatic carbocycles. The molecule has 0 fully saturated rings. The first-order chi connectivity index (χ1) is 14.1. The fourth-order valence-corrected chi connectivity index (χ4v) is 2.68. The van der Waals surface area contributed by atoms with E-state index < -0.39 is 11.8 Å². The van der Waals surface area contributed by atoms with Crippen LogP contribution in [0.25, 0.3) is 11.1 Å². The van der Waals surface area contributed by atoms with E-state index in [0.717, 1.165) is 11.1 Å². The lowest BCUT2D eigenvalue weighted by molar-refractivity contribution is -0.124. The molecule has 3 rings (SSSR count). The first-order valence-electron chi connectivity index (χ1n) is 9.21. The van der Waals surface area contributed by atoms with Crippen LogP contribution in [0.15, 0.2) is 84.9 Å². The Balaban J connectivity index is 1.43. The summed E-state index contributed by atoms with van der Waals surface area (Å²) in [5.74, 6) is -1.14. The van der Waals surface area contributed by atoms with Crippen molar-refractivity contribution < 1.29 is 14.4 Å². The topological polar surface area (TPSA) is 87.3 Å². The Morgan fingerprint density at radius 1 is 0.586 bits per heavy atom. The molecule has 0 bridgehead atoms. The van der Waals surface area contributed by atoms with Crippen molar-refractivity contribution in [2.45, 2.75) is 12.8 Å². The Morgan fingerprint density at radius 3 is 1.79 bits per heavy atom. The molecule has 0 aliphatic carbocycles. The maximum absolute atomic E-state index is 12.2. The summed E-state index contributed by atoms with van der Waals surface area (Å²) in [5.41, 5.74) is 7.84. The van der Waals surface area contributed by atoms with Crippen molar-refractivity contribution in [1.29, 1.82) is 0 Å². The SMILES string of the molecule is O=C(CCC(=O)Nc1ccccc1)NNC(=O)c1ccc(-c2ccccc2)cc1. The van der Waals surface area contributed by atoms with Crippen molar-refractivity contribution in [1.82, 2.24) is 10.9 Å². The Bertz CT molecular complexity index is 971. The Kier molecular flexibility index (Phi) is 6.73. The summed E-state index contributed by atoms with van der Waals surface area (Å²) in [6.07, 6.45) is -0.0196. The Morgan fingerprint density at radius 2 is 1.14 bits per heavy atom. The molecule has 0 aliphatic heterocycles. The number of rotatable bonds is 6. The highest BCUT2D eigenvalue weighted by Gasteiger charge is 2.10. The van der Waals surface area contributed by atoms with E-state index in [0.29, 0.717) is 11.3 Å². The quantitative estimate of drug-likeness (QED) is 0.566. The number of hydrazine groups is 1. The number of carbonyl (C=O) groups excluding carboxylic acids is 3. The average molecular weight is 387 g/mol. The highest BCUT2D eigenvalue weighted by Crippen LogP contribution is 2.19. The van der Waals surface area contributed by atoms with Crippen LogP contribution in [-0.4, -0.2) is 17.7 Å². The standard InChI is InChI=1S/C23H21N3O3/c27-21(24-20-9-5-2-6-10-20)15-16-22(28)25-26-23(29)19-13-11-18(12-14-19)17-7-3-1-4-8-17/h1-14H,15-16H2,(H,24,27)(H,25,28)(H,26,29). The monoisotopic (exact) mass is 387 g/mol. The van der Waals surface area contributed by atoms with Gasteiger partial charge in [0, 0.05) is 24.1 Å². The summed E-state index contributed by atoms with van der Waals surface area (Å²) in [4.78, 5) is 35.9. The van der Waals surface area contributed by atoms with E-state index in [1.54, 1.807) is 24.3 Å². The van der Waals surface area contributed by atoms with Gasteiger partial charge in [-0.2, -0.15) is 0 Å². The summed E-state index contributed by atoms with van der Waals surface area (Å²) in [6.45, 7) is 0. The van der Waals surface area contributed by atoms with Gasteiger partial charge < -0.3 is 5.32 Å². The molecule has 0 saturated heterocycles. The number of benzene rings is 3. The summed E-state index contributed by atoms with van der Waals surface area (Å²) in [7, 11) is 0. The van der Waals surface area contributed by atoms with Gasteiger partial charge in [0.25, 0.3) is 5.91 Å². The fourth-order valence-electron chi connectivity index (χ4n) is 2.68. The lowest BCUT2D eigenvalue weighted by Crippen LogP contribution is -2.41. The highest BCUT2D eigenvalue weighted by molar-refractivity contribution is 5.96. The number of hydrogen-bond acceptors (Lipinski definition) is 3. The average Bonchev–Trinajstić information content (AvgIpc) is 2.77. The maximum Gasteiger partial charge on any atom is 0.269 e. The summed E-state index contributed by atoms with van der Waals surface area (Å²) in [6, 6.07) is 25.9. The van der Waals surface area contributed by atoms with Gasteiger partial charge in [0.05, 0.1) is 0 Å². The molecule has 0 aromatic heterocycles. The number of para-hydroxylation sites is 1. The number of carbonyl (C=O) groups is 3. The van der Waals surface area contributed by atoms with Crippen LogP contribution in [0.1, 0.15) is 23.2 Å². The molecule has 0 spiro atoms. The van der Waals surface area contributed by atoms with Gasteiger partial charge in [-0.1, -0.05) is 60.7 Å². The lowest BCUT2D eigenvalue weighted by Gasteiger charge is -2.08. The van der Waals surface area contributed by atoms with Gasteiger partial charge in [-0.15, -0.1) is 0 Å². The molecule has 0 aliphatic rings. The predicted molar refractivity (Wildman–Crippen MR) is 112 cm³/mol. The van der Waals surface area contributed by atoms with Crippen LogP contribution < -0.4 is 16.2 Å². The van der Waals surface area contributed by atoms with Gasteiger partial charge in [-0.3, -0.25) is 25.2 Å². The number of hydrogen-bond donors (Lipinski definition) is 3. The summed E-state index contributed by atoms with van der Waals surface area (Å²) >= 11 is 0. The van der Waals surface area contributed by atoms with Crippen molar-refractivity contribution in [2.75, 3.05) is 5.32 Å². The molecule has 0 saturated carbocycles. The van der Waals surface area contributed by atoms with Crippen molar-refractivity contribution >= 4 is 23.4 Å². The zero-order chi connectivity index (χ0) is 20.5. The third-order valence-electron chi connectivity index (χ3n) is 4.21. The van der Waals surface area contributed by atoms with E-state index in [9.17, 15) is 14.4 Å². The van der Waals surface area contributed by atoms with Crippen LogP contribution >= 0.6 is 0 Å². The molecule has 146 valence electrons. The van der Waals surface area contributed by atoms with E-state index in [1.807, 2.05) is 60.7 Å². The van der Waals surface area contributed by atoms with Gasteiger partial charge in [-0.05, 0) is 35.4 Å². The molecular weight excluding hydrogens is 366 g/mol. The minimum atomic E-state index is -0.442. The molecular formula is C23H21N3O3. The Hall–Kier alpha value is -3.93. The molecule has 0 radical (unpaired) electrons. The molecule has 6 nitrogen and oxygen atoms in total. The second-order valence-corrected chi connectivity index (χ2v) is 6.36. The molecule has 3 aromatic rings. The molecule has 29 heavy (non-hydrogen) atoms. The van der Waals surface area contributed by atoms with Gasteiger partial charge in [-0.25, -0.2) is 0 Å². The van der Waals surface area contributed by atoms with Crippen molar-refractivity contribution in [3.63, 3.8) is 0 Å². The second kappa shape index (κ2) is 9.85. The van der Waals surface area contributed by atoms with Crippen LogP contribution in [0, 0.1) is 0 Å². The van der Waals surface area contributed by atoms with Crippen molar-refractivity contribution in [3.05, 3.63) is 90.5 Å². The molecule has 0 atom stereocenters. The van der Waals surface area contributed by atoms with Crippen LogP contribution in [0.5, 0.6) is 0 Å². The minimum Gasteiger partial charge on any atom is -0.326 e. The number of nitrogens with one attached hydrogen (secondary N) is 3. The zero-order valence-electron chi connectivity index (χ0n) is 15.7. The third-order valence-corrected chi connectivity index (χ3v) is 4.21. The maximum atomic E-state index is 12.2. The molecule has 6 heteroatoms. The zero-order valence-corrected chi connectivity index (χ0v) is 15.7. The van der Waals surface area contributed by atoms with E-state index in [2.05, 4.69) is 16.2 Å². The summed E-state index contributed by atoms with van der Waals surface area (Å²) < 4.78 is 0. The van der Waals surface area contributed by atoms with E-state index in [4.69, 9.17) is 0 Å².